The van der Waals surface area contributed by atoms with E-state index in [0.29, 0.717) is 34.9 Å². The molecule has 24 aromatic rings. The average molecular weight is 1580 g/mol. The molecule has 0 fully saturated rings. The molecule has 0 N–H and O–H groups in total. The monoisotopic (exact) mass is 1580 g/mol. The largest absolute Gasteiger partial charge is 0.310 e. The second kappa shape index (κ2) is 30.8. The Bertz CT molecular complexity index is 7990. The van der Waals surface area contributed by atoms with Gasteiger partial charge in [0.2, 0.25) is 0 Å². The number of hydrogen-bond acceptors (Lipinski definition) is 8. The van der Waals surface area contributed by atoms with Gasteiger partial charge in [0.05, 0.1) is 22.1 Å². The van der Waals surface area contributed by atoms with Crippen molar-refractivity contribution in [3.8, 4) is 79.7 Å². The summed E-state index contributed by atoms with van der Waals surface area (Å²) in [5, 5.41) is 19.1. The van der Waals surface area contributed by atoms with Gasteiger partial charge < -0.3 is 18.9 Å². The van der Waals surface area contributed by atoms with Gasteiger partial charge in [-0.2, -0.15) is 0 Å². The van der Waals surface area contributed by atoms with Gasteiger partial charge in [-0.05, 0) is 198 Å². The van der Waals surface area contributed by atoms with Crippen LogP contribution >= 0.6 is 0 Å². The van der Waals surface area contributed by atoms with E-state index in [1.165, 1.54) is 80.9 Å². The first-order valence-electron chi connectivity index (χ1n) is 41.9. The van der Waals surface area contributed by atoms with Crippen LogP contribution in [0.1, 0.15) is 0 Å². The second-order valence-corrected chi connectivity index (χ2v) is 31.3. The minimum Gasteiger partial charge on any atom is -0.310 e. The zero-order valence-electron chi connectivity index (χ0n) is 67.2. The van der Waals surface area contributed by atoms with Gasteiger partial charge in [-0.15, -0.1) is 0 Å². The summed E-state index contributed by atoms with van der Waals surface area (Å²) >= 11 is 0. The quantitative estimate of drug-likeness (QED) is 0.0994. The number of benzene rings is 20. The number of fused-ring (bicyclic) bond motifs is 18. The molecule has 0 spiro atoms. The molecular formula is C114H74N10. The third-order valence-electron chi connectivity index (χ3n) is 24.0. The van der Waals surface area contributed by atoms with Gasteiger partial charge in [0.1, 0.15) is 0 Å². The highest BCUT2D eigenvalue weighted by molar-refractivity contribution is 6.28. The highest BCUT2D eigenvalue weighted by Crippen LogP contribution is 2.47. The topological polar surface area (TPSA) is 93.7 Å². The molecule has 4 aromatic heterocycles. The van der Waals surface area contributed by atoms with Crippen LogP contribution in [0.2, 0.25) is 0 Å². The average Bonchev–Trinajstić information content (AvgIpc) is 1.26. The first kappa shape index (κ1) is 72.4. The van der Waals surface area contributed by atoms with E-state index in [0.717, 1.165) is 106 Å². The van der Waals surface area contributed by atoms with Crippen LogP contribution in [-0.2, 0) is 0 Å². The second-order valence-electron chi connectivity index (χ2n) is 31.3. The van der Waals surface area contributed by atoms with Crippen LogP contribution < -0.4 is 9.80 Å². The lowest BCUT2D eigenvalue weighted by molar-refractivity contribution is 1.07. The number of nitrogens with zero attached hydrogens (tertiary/aromatic N) is 10. The van der Waals surface area contributed by atoms with Gasteiger partial charge in [-0.25, -0.2) is 29.9 Å². The number of para-hydroxylation sites is 6. The van der Waals surface area contributed by atoms with Crippen LogP contribution in [0.15, 0.2) is 449 Å². The number of aromatic nitrogens is 8. The molecule has 20 aromatic carbocycles. The van der Waals surface area contributed by atoms with E-state index in [4.69, 9.17) is 29.9 Å². The van der Waals surface area contributed by atoms with Crippen LogP contribution in [-0.4, -0.2) is 39.0 Å². The van der Waals surface area contributed by atoms with Crippen molar-refractivity contribution in [2.75, 3.05) is 9.80 Å². The van der Waals surface area contributed by atoms with Gasteiger partial charge in [-0.1, -0.05) is 315 Å². The maximum Gasteiger partial charge on any atom is 0.164 e. The van der Waals surface area contributed by atoms with Crippen molar-refractivity contribution < 1.29 is 0 Å². The van der Waals surface area contributed by atoms with E-state index in [-0.39, 0.29) is 0 Å². The molecule has 0 saturated carbocycles. The lowest BCUT2D eigenvalue weighted by Crippen LogP contribution is -2.09. The summed E-state index contributed by atoms with van der Waals surface area (Å²) < 4.78 is 4.83. The van der Waals surface area contributed by atoms with E-state index >= 15 is 0 Å². The number of rotatable bonds is 14. The molecule has 4 heterocycles. The first-order valence-corrected chi connectivity index (χ1v) is 41.9. The Kier molecular flexibility index (Phi) is 18.0. The summed E-state index contributed by atoms with van der Waals surface area (Å²) in [7, 11) is 0. The molecular weight excluding hydrogens is 1510 g/mol. The number of anilines is 6. The van der Waals surface area contributed by atoms with Crippen molar-refractivity contribution in [2.45, 2.75) is 0 Å². The number of hydrogen-bond donors (Lipinski definition) is 0. The highest BCUT2D eigenvalue weighted by Gasteiger charge is 2.24. The lowest BCUT2D eigenvalue weighted by Gasteiger charge is -2.25. The minimum absolute atomic E-state index is 0.635. The van der Waals surface area contributed by atoms with Crippen LogP contribution in [0.25, 0.3) is 188 Å². The zero-order valence-corrected chi connectivity index (χ0v) is 67.2. The normalized spacial score (nSPS) is 11.5. The van der Waals surface area contributed by atoms with Crippen molar-refractivity contribution in [1.82, 2.24) is 39.0 Å². The molecule has 0 aliphatic carbocycles. The molecule has 580 valence electrons. The van der Waals surface area contributed by atoms with Crippen LogP contribution in [0, 0.1) is 0 Å². The zero-order chi connectivity index (χ0) is 82.0. The Balaban J connectivity index is 0.000000143. The van der Waals surface area contributed by atoms with Crippen LogP contribution in [0.4, 0.5) is 34.1 Å². The van der Waals surface area contributed by atoms with Crippen molar-refractivity contribution >= 4 is 142 Å². The fourth-order valence-corrected chi connectivity index (χ4v) is 18.3. The van der Waals surface area contributed by atoms with Crippen LogP contribution in [0.5, 0.6) is 0 Å². The van der Waals surface area contributed by atoms with Crippen molar-refractivity contribution in [3.05, 3.63) is 449 Å². The van der Waals surface area contributed by atoms with E-state index in [1.54, 1.807) is 0 Å². The molecule has 0 saturated heterocycles. The van der Waals surface area contributed by atoms with E-state index in [2.05, 4.69) is 347 Å². The molecule has 0 aliphatic rings. The SMILES string of the molecule is c1ccc(-c2nc(-c3ccccc3)nc(-c3ccc4c5ccc(-n6c7ccccc7c7cc(N(c8ccccc8)c8ccccc8)ccc76)cc5c5ccccc5c4c3)n2)cc1.c1ccc(-c2nc(-c3ccccc3)nc(-c3ccc4c5ccccc5c5ccc(-n6c7ccccc7c7cc(N(c8ccccc8)c8ccccc8)ccc76)cc5c4c3)n2)cc1. The van der Waals surface area contributed by atoms with Gasteiger partial charge in [0, 0.05) is 100 Å². The molecule has 0 amide bonds. The van der Waals surface area contributed by atoms with Crippen molar-refractivity contribution in [2.24, 2.45) is 0 Å². The summed E-state index contributed by atoms with van der Waals surface area (Å²) in [5.41, 5.74) is 19.2. The molecule has 0 unspecified atom stereocenters. The first-order chi connectivity index (χ1) is 61.5. The van der Waals surface area contributed by atoms with E-state index in [1.807, 2.05) is 121 Å². The maximum atomic E-state index is 5.10. The Morgan fingerprint density at radius 3 is 0.685 bits per heavy atom. The molecule has 0 aliphatic heterocycles. The molecule has 10 nitrogen and oxygen atoms in total. The molecule has 24 rings (SSSR count). The molecule has 10 heteroatoms. The Labute approximate surface area is 715 Å². The summed E-state index contributed by atoms with van der Waals surface area (Å²) in [6.07, 6.45) is 0. The van der Waals surface area contributed by atoms with Crippen molar-refractivity contribution in [1.29, 1.82) is 0 Å². The predicted molar refractivity (Wildman–Crippen MR) is 515 cm³/mol. The maximum absolute atomic E-state index is 5.10. The standard InChI is InChI=1S/2C57H37N5/c1-5-17-38(18-6-1)55-58-56(39-19-7-2-8-20-39)60-57(59-55)40-29-32-47-48-33-30-44(36-51(48)46-26-14-13-25-45(46)50(47)35-40)62-53-28-16-15-27-49(53)52-37-43(31-34-54(52)62)61(41-21-9-3-10-22-41)42-23-11-4-12-24-42;1-5-17-38(18-6-1)55-58-56(39-19-7-2-8-20-39)60-57(59-55)40-29-32-47-45-25-13-14-26-46(45)48-33-30-44(36-51(48)50(47)35-40)62-53-28-16-15-27-49(53)52-37-43(31-34-54(52)62)61(41-21-9-3-10-22-41)42-23-11-4-12-24-42/h2*1-37H. The minimum atomic E-state index is 0.635. The van der Waals surface area contributed by atoms with E-state index < -0.39 is 0 Å². The summed E-state index contributed by atoms with van der Waals surface area (Å²) in [4.78, 5) is 34.9. The predicted octanol–water partition coefficient (Wildman–Crippen LogP) is 29.8. The molecule has 0 atom stereocenters. The lowest BCUT2D eigenvalue weighted by atomic mass is 9.93. The Hall–Kier alpha value is -16.8. The fourth-order valence-electron chi connectivity index (χ4n) is 18.3. The highest BCUT2D eigenvalue weighted by atomic mass is 15.2. The van der Waals surface area contributed by atoms with E-state index in [9.17, 15) is 0 Å². The van der Waals surface area contributed by atoms with Gasteiger partial charge in [0.25, 0.3) is 0 Å². The van der Waals surface area contributed by atoms with Gasteiger partial charge in [0.15, 0.2) is 34.9 Å². The van der Waals surface area contributed by atoms with Crippen LogP contribution in [0.3, 0.4) is 0 Å². The van der Waals surface area contributed by atoms with Gasteiger partial charge in [-0.3, -0.25) is 0 Å². The van der Waals surface area contributed by atoms with Crippen molar-refractivity contribution in [3.63, 3.8) is 0 Å². The molecule has 0 bridgehead atoms. The third kappa shape index (κ3) is 12.9. The van der Waals surface area contributed by atoms with Gasteiger partial charge >= 0.3 is 0 Å². The Morgan fingerprint density at radius 2 is 0.363 bits per heavy atom. The summed E-state index contributed by atoms with van der Waals surface area (Å²) in [6.45, 7) is 0. The third-order valence-corrected chi connectivity index (χ3v) is 24.0. The molecule has 0 radical (unpaired) electrons. The summed E-state index contributed by atoms with van der Waals surface area (Å²) in [5.74, 6) is 3.86. The fraction of sp³-hybridized carbons (Fsp3) is 0. The molecule has 124 heavy (non-hydrogen) atoms. The summed E-state index contributed by atoms with van der Waals surface area (Å²) in [6, 6.07) is 159. The Morgan fingerprint density at radius 1 is 0.137 bits per heavy atom. The smallest absolute Gasteiger partial charge is 0.164 e.